The van der Waals surface area contributed by atoms with Crippen molar-refractivity contribution in [2.75, 3.05) is 53.5 Å². The summed E-state index contributed by atoms with van der Waals surface area (Å²) < 4.78 is 5.27. The second-order valence-corrected chi connectivity index (χ2v) is 7.47. The monoisotopic (exact) mass is 452 g/mol. The molecule has 0 aromatic heterocycles. The number of guanidine groups is 1. The molecule has 1 heterocycles. The van der Waals surface area contributed by atoms with Crippen LogP contribution in [0.2, 0.25) is 0 Å². The minimum Gasteiger partial charge on any atom is -0.385 e. The molecule has 1 saturated carbocycles. The maximum absolute atomic E-state index is 5.27. The van der Waals surface area contributed by atoms with Crippen LogP contribution in [0.25, 0.3) is 0 Å². The van der Waals surface area contributed by atoms with E-state index >= 15 is 0 Å². The molecule has 2 aliphatic rings. The van der Waals surface area contributed by atoms with Crippen LogP contribution in [-0.2, 0) is 4.74 Å². The maximum Gasteiger partial charge on any atom is 0.191 e. The normalized spacial score (nSPS) is 21.7. The van der Waals surface area contributed by atoms with E-state index in [1.807, 2.05) is 7.05 Å². The second-order valence-electron chi connectivity index (χ2n) is 7.47. The third kappa shape index (κ3) is 7.04. The van der Waals surface area contributed by atoms with Crippen LogP contribution in [0.3, 0.4) is 0 Å². The van der Waals surface area contributed by atoms with E-state index in [1.54, 1.807) is 7.11 Å². The fourth-order valence-corrected chi connectivity index (χ4v) is 3.62. The van der Waals surface area contributed by atoms with Gasteiger partial charge in [0, 0.05) is 40.4 Å². The zero-order valence-corrected chi connectivity index (χ0v) is 18.1. The molecule has 0 aromatic rings. The molecule has 142 valence electrons. The zero-order valence-electron chi connectivity index (χ0n) is 15.8. The van der Waals surface area contributed by atoms with Gasteiger partial charge in [0.1, 0.15) is 0 Å². The van der Waals surface area contributed by atoms with Crippen molar-refractivity contribution in [3.05, 3.63) is 0 Å². The predicted molar refractivity (Wildman–Crippen MR) is 112 cm³/mol. The number of rotatable bonds is 8. The Balaban J connectivity index is 0.00000288. The van der Waals surface area contributed by atoms with E-state index in [9.17, 15) is 0 Å². The van der Waals surface area contributed by atoms with Crippen molar-refractivity contribution < 1.29 is 4.74 Å². The molecule has 1 aliphatic heterocycles. The van der Waals surface area contributed by atoms with Crippen LogP contribution in [0.15, 0.2) is 4.99 Å². The van der Waals surface area contributed by atoms with Gasteiger partial charge < -0.3 is 20.3 Å². The minimum atomic E-state index is 0. The predicted octanol–water partition coefficient (Wildman–Crippen LogP) is 2.71. The molecule has 0 spiro atoms. The summed E-state index contributed by atoms with van der Waals surface area (Å²) in [4.78, 5) is 6.93. The molecule has 2 rings (SSSR count). The fraction of sp³-hybridized carbons (Fsp3) is 0.944. The maximum atomic E-state index is 5.27. The van der Waals surface area contributed by atoms with Crippen LogP contribution in [-0.4, -0.2) is 64.3 Å². The van der Waals surface area contributed by atoms with Gasteiger partial charge in [-0.15, -0.1) is 24.0 Å². The number of hydrogen-bond acceptors (Lipinski definition) is 3. The lowest BCUT2D eigenvalue weighted by Gasteiger charge is -2.42. The Morgan fingerprint density at radius 1 is 1.25 bits per heavy atom. The SMILES string of the molecule is CN=C(NCCN1CCC(C)CC1)NCC1(CCOC)CCC1.I. The highest BCUT2D eigenvalue weighted by Gasteiger charge is 2.36. The Hall–Kier alpha value is -0.0800. The summed E-state index contributed by atoms with van der Waals surface area (Å²) in [6, 6.07) is 0. The molecule has 0 aromatic carbocycles. The third-order valence-corrected chi connectivity index (χ3v) is 5.70. The van der Waals surface area contributed by atoms with E-state index in [2.05, 4.69) is 27.4 Å². The van der Waals surface area contributed by atoms with Crippen LogP contribution in [0.5, 0.6) is 0 Å². The molecule has 0 unspecified atom stereocenters. The summed E-state index contributed by atoms with van der Waals surface area (Å²) in [6.45, 7) is 8.81. The number of aliphatic imine (C=N–C) groups is 1. The lowest BCUT2D eigenvalue weighted by molar-refractivity contribution is 0.0732. The van der Waals surface area contributed by atoms with E-state index in [0.717, 1.165) is 44.5 Å². The molecule has 24 heavy (non-hydrogen) atoms. The molecular weight excluding hydrogens is 415 g/mol. The van der Waals surface area contributed by atoms with Crippen LogP contribution >= 0.6 is 24.0 Å². The average Bonchev–Trinajstić information content (AvgIpc) is 2.53. The molecule has 0 amide bonds. The highest BCUT2D eigenvalue weighted by atomic mass is 127. The van der Waals surface area contributed by atoms with Crippen LogP contribution in [0, 0.1) is 11.3 Å². The molecular formula is C18H37IN4O. The standard InChI is InChI=1S/C18H36N4O.HI/c1-16-5-11-22(12-6-16)13-10-20-17(19-2)21-15-18(7-4-8-18)9-14-23-3;/h16H,4-15H2,1-3H3,(H2,19,20,21);1H. The van der Waals surface area contributed by atoms with E-state index in [0.29, 0.717) is 5.41 Å². The van der Waals surface area contributed by atoms with Gasteiger partial charge in [-0.25, -0.2) is 0 Å². The highest BCUT2D eigenvalue weighted by molar-refractivity contribution is 14.0. The Kier molecular flexibility index (Phi) is 10.5. The molecule has 2 fully saturated rings. The zero-order chi connectivity index (χ0) is 16.5. The van der Waals surface area contributed by atoms with E-state index < -0.39 is 0 Å². The van der Waals surface area contributed by atoms with Gasteiger partial charge in [-0.2, -0.15) is 0 Å². The lowest BCUT2D eigenvalue weighted by atomic mass is 9.67. The number of nitrogens with one attached hydrogen (secondary N) is 2. The van der Waals surface area contributed by atoms with Crippen molar-refractivity contribution in [3.63, 3.8) is 0 Å². The van der Waals surface area contributed by atoms with Crippen molar-refractivity contribution in [2.24, 2.45) is 16.3 Å². The summed E-state index contributed by atoms with van der Waals surface area (Å²) in [6.07, 6.45) is 7.81. The summed E-state index contributed by atoms with van der Waals surface area (Å²) in [5.41, 5.74) is 0.427. The van der Waals surface area contributed by atoms with Gasteiger partial charge in [-0.3, -0.25) is 4.99 Å². The molecule has 0 atom stereocenters. The van der Waals surface area contributed by atoms with Gasteiger partial charge in [-0.1, -0.05) is 13.3 Å². The van der Waals surface area contributed by atoms with Gasteiger partial charge in [-0.05, 0) is 56.5 Å². The molecule has 5 nitrogen and oxygen atoms in total. The first kappa shape index (κ1) is 22.0. The van der Waals surface area contributed by atoms with Crippen molar-refractivity contribution >= 4 is 29.9 Å². The van der Waals surface area contributed by atoms with Crippen LogP contribution < -0.4 is 10.6 Å². The molecule has 0 bridgehead atoms. The topological polar surface area (TPSA) is 48.9 Å². The molecule has 1 aliphatic carbocycles. The smallest absolute Gasteiger partial charge is 0.191 e. The van der Waals surface area contributed by atoms with Gasteiger partial charge in [0.2, 0.25) is 0 Å². The van der Waals surface area contributed by atoms with Gasteiger partial charge in [0.15, 0.2) is 5.96 Å². The number of halogens is 1. The van der Waals surface area contributed by atoms with Gasteiger partial charge in [0.25, 0.3) is 0 Å². The summed E-state index contributed by atoms with van der Waals surface area (Å²) >= 11 is 0. The van der Waals surface area contributed by atoms with Crippen molar-refractivity contribution in [2.45, 2.75) is 45.4 Å². The summed E-state index contributed by atoms with van der Waals surface area (Å²) in [5.74, 6) is 1.85. The van der Waals surface area contributed by atoms with Crippen molar-refractivity contribution in [3.8, 4) is 0 Å². The Labute approximate surface area is 165 Å². The van der Waals surface area contributed by atoms with Crippen molar-refractivity contribution in [1.29, 1.82) is 0 Å². The fourth-order valence-electron chi connectivity index (χ4n) is 3.62. The number of nitrogens with zero attached hydrogens (tertiary/aromatic N) is 2. The first-order valence-electron chi connectivity index (χ1n) is 9.33. The number of hydrogen-bond donors (Lipinski definition) is 2. The molecule has 1 saturated heterocycles. The van der Waals surface area contributed by atoms with E-state index in [-0.39, 0.29) is 24.0 Å². The quantitative estimate of drug-likeness (QED) is 0.338. The van der Waals surface area contributed by atoms with Crippen molar-refractivity contribution in [1.82, 2.24) is 15.5 Å². The summed E-state index contributed by atoms with van der Waals surface area (Å²) in [7, 11) is 3.65. The Morgan fingerprint density at radius 2 is 1.96 bits per heavy atom. The van der Waals surface area contributed by atoms with Gasteiger partial charge in [0.05, 0.1) is 0 Å². The molecule has 6 heteroatoms. The van der Waals surface area contributed by atoms with E-state index in [4.69, 9.17) is 4.74 Å². The molecule has 2 N–H and O–H groups in total. The van der Waals surface area contributed by atoms with Crippen LogP contribution in [0.4, 0.5) is 0 Å². The number of ether oxygens (including phenoxy) is 1. The first-order chi connectivity index (χ1) is 11.2. The molecule has 0 radical (unpaired) electrons. The lowest BCUT2D eigenvalue weighted by Crippen LogP contribution is -2.48. The number of likely N-dealkylation sites (tertiary alicyclic amines) is 1. The average molecular weight is 452 g/mol. The Bertz CT molecular complexity index is 366. The summed E-state index contributed by atoms with van der Waals surface area (Å²) in [5, 5.41) is 7.00. The second kappa shape index (κ2) is 11.5. The number of piperidine rings is 1. The van der Waals surface area contributed by atoms with Gasteiger partial charge >= 0.3 is 0 Å². The van der Waals surface area contributed by atoms with Crippen LogP contribution in [0.1, 0.15) is 45.4 Å². The Morgan fingerprint density at radius 3 is 2.50 bits per heavy atom. The number of methoxy groups -OCH3 is 1. The van der Waals surface area contributed by atoms with E-state index in [1.165, 1.54) is 45.2 Å². The minimum absolute atomic E-state index is 0. The first-order valence-corrected chi connectivity index (χ1v) is 9.33. The largest absolute Gasteiger partial charge is 0.385 e. The highest BCUT2D eigenvalue weighted by Crippen LogP contribution is 2.43. The third-order valence-electron chi connectivity index (χ3n) is 5.70.